The summed E-state index contributed by atoms with van der Waals surface area (Å²) in [5.74, 6) is 0. The lowest BCUT2D eigenvalue weighted by atomic mass is 10.1. The molecule has 62 heavy (non-hydrogen) atoms. The third-order valence-corrected chi connectivity index (χ3v) is 15.3. The van der Waals surface area contributed by atoms with Gasteiger partial charge in [-0.05, 0) is 127 Å². The SMILES string of the molecule is C[Si](Cc1ccc(N(c2ccccc2)c2ccccc2)cc1)(Cc1ccc(N(c2ccccc2)c2ccccc2)cc1)Cc1ccc(N(c2ccccc2)c2ccccc2)cc1. The van der Waals surface area contributed by atoms with Crippen molar-refractivity contribution in [3.05, 3.63) is 271 Å². The standard InChI is InChI=1S/C58H51N3Si/c1-62(44-47-32-38-56(39-33-47)59(50-20-8-2-9-21-50)51-22-10-3-11-23-51,45-48-34-40-57(41-35-48)60(52-24-12-4-13-25-52)53-26-14-5-15-27-53)46-49-36-42-58(43-37-49)61(54-28-16-6-17-29-54)55-30-18-7-19-31-55/h2-43H,44-46H2,1H3. The zero-order chi connectivity index (χ0) is 42.0. The van der Waals surface area contributed by atoms with E-state index >= 15 is 0 Å². The molecule has 0 aliphatic heterocycles. The molecule has 3 nitrogen and oxygen atoms in total. The van der Waals surface area contributed by atoms with Crippen LogP contribution in [-0.2, 0) is 18.1 Å². The third-order valence-electron chi connectivity index (χ3n) is 11.6. The van der Waals surface area contributed by atoms with Gasteiger partial charge in [0.15, 0.2) is 0 Å². The van der Waals surface area contributed by atoms with Crippen molar-refractivity contribution in [3.63, 3.8) is 0 Å². The molecule has 0 heterocycles. The Morgan fingerprint density at radius 3 is 0.565 bits per heavy atom. The number of benzene rings is 9. The van der Waals surface area contributed by atoms with Gasteiger partial charge in [-0.15, -0.1) is 0 Å². The quantitative estimate of drug-likeness (QED) is 0.0954. The highest BCUT2D eigenvalue weighted by Crippen LogP contribution is 2.38. The first-order valence-electron chi connectivity index (χ1n) is 21.6. The van der Waals surface area contributed by atoms with Crippen molar-refractivity contribution < 1.29 is 0 Å². The zero-order valence-electron chi connectivity index (χ0n) is 35.2. The van der Waals surface area contributed by atoms with Crippen LogP contribution in [0.25, 0.3) is 0 Å². The lowest BCUT2D eigenvalue weighted by molar-refractivity contribution is 1.12. The molecule has 0 bridgehead atoms. The maximum absolute atomic E-state index is 2.60. The number of hydrogen-bond acceptors (Lipinski definition) is 3. The van der Waals surface area contributed by atoms with Crippen LogP contribution in [0.3, 0.4) is 0 Å². The Morgan fingerprint density at radius 1 is 0.226 bits per heavy atom. The summed E-state index contributed by atoms with van der Waals surface area (Å²) in [7, 11) is -2.03. The molecule has 0 N–H and O–H groups in total. The molecular formula is C58H51N3Si. The predicted octanol–water partition coefficient (Wildman–Crippen LogP) is 15.8. The van der Waals surface area contributed by atoms with Crippen LogP contribution in [0.2, 0.25) is 6.55 Å². The summed E-state index contributed by atoms with van der Waals surface area (Å²) < 4.78 is 0. The van der Waals surface area contributed by atoms with Gasteiger partial charge in [-0.3, -0.25) is 0 Å². The van der Waals surface area contributed by atoms with Crippen LogP contribution in [0, 0.1) is 0 Å². The van der Waals surface area contributed by atoms with Gasteiger partial charge < -0.3 is 14.7 Å². The van der Waals surface area contributed by atoms with Gasteiger partial charge in [-0.25, -0.2) is 0 Å². The first-order chi connectivity index (χ1) is 30.6. The van der Waals surface area contributed by atoms with Gasteiger partial charge in [0.25, 0.3) is 0 Å². The maximum Gasteiger partial charge on any atom is 0.0635 e. The molecule has 0 fully saturated rings. The van der Waals surface area contributed by atoms with E-state index in [2.05, 4.69) is 276 Å². The molecule has 0 radical (unpaired) electrons. The smallest absolute Gasteiger partial charge is 0.0635 e. The monoisotopic (exact) mass is 817 g/mol. The van der Waals surface area contributed by atoms with E-state index in [0.29, 0.717) is 0 Å². The van der Waals surface area contributed by atoms with Crippen molar-refractivity contribution >= 4 is 59.3 Å². The van der Waals surface area contributed by atoms with E-state index in [1.54, 1.807) is 0 Å². The fourth-order valence-corrected chi connectivity index (χ4v) is 12.8. The van der Waals surface area contributed by atoms with Crippen LogP contribution in [0.1, 0.15) is 16.7 Å². The Labute approximate surface area is 368 Å². The molecule has 0 saturated carbocycles. The number of anilines is 9. The largest absolute Gasteiger partial charge is 0.311 e. The second kappa shape index (κ2) is 18.9. The minimum Gasteiger partial charge on any atom is -0.311 e. The molecule has 0 aromatic heterocycles. The van der Waals surface area contributed by atoms with E-state index in [-0.39, 0.29) is 0 Å². The molecule has 0 amide bonds. The molecule has 0 aliphatic carbocycles. The van der Waals surface area contributed by atoms with Gasteiger partial charge >= 0.3 is 0 Å². The van der Waals surface area contributed by atoms with E-state index in [0.717, 1.165) is 69.3 Å². The molecule has 0 saturated heterocycles. The Bertz CT molecular complexity index is 2300. The minimum atomic E-state index is -2.03. The second-order valence-electron chi connectivity index (χ2n) is 16.4. The lowest BCUT2D eigenvalue weighted by Crippen LogP contribution is -2.40. The normalized spacial score (nSPS) is 11.2. The third kappa shape index (κ3) is 9.47. The zero-order valence-corrected chi connectivity index (χ0v) is 36.2. The van der Waals surface area contributed by atoms with Gasteiger partial charge in [0.2, 0.25) is 0 Å². The van der Waals surface area contributed by atoms with Crippen molar-refractivity contribution in [2.75, 3.05) is 14.7 Å². The van der Waals surface area contributed by atoms with Gasteiger partial charge in [-0.1, -0.05) is 169 Å². The van der Waals surface area contributed by atoms with E-state index in [1.807, 2.05) is 0 Å². The van der Waals surface area contributed by atoms with Crippen molar-refractivity contribution in [3.8, 4) is 0 Å². The van der Waals surface area contributed by atoms with E-state index in [1.165, 1.54) is 16.7 Å². The summed E-state index contributed by atoms with van der Waals surface area (Å²) in [5, 5.41) is 0. The Hall–Kier alpha value is -7.40. The van der Waals surface area contributed by atoms with Gasteiger partial charge in [0, 0.05) is 51.2 Å². The fraction of sp³-hybridized carbons (Fsp3) is 0.0690. The van der Waals surface area contributed by atoms with Crippen LogP contribution in [-0.4, -0.2) is 8.07 Å². The highest BCUT2D eigenvalue weighted by molar-refractivity contribution is 6.77. The summed E-state index contributed by atoms with van der Waals surface area (Å²) in [6.07, 6.45) is 0. The van der Waals surface area contributed by atoms with Crippen molar-refractivity contribution in [1.29, 1.82) is 0 Å². The number of nitrogens with zero attached hydrogens (tertiary/aromatic N) is 3. The molecule has 0 spiro atoms. The van der Waals surface area contributed by atoms with Gasteiger partial charge in [-0.2, -0.15) is 0 Å². The summed E-state index contributed by atoms with van der Waals surface area (Å²) in [6, 6.07) is 95.1. The minimum absolute atomic E-state index is 1.06. The summed E-state index contributed by atoms with van der Waals surface area (Å²) in [5.41, 5.74) is 14.5. The summed E-state index contributed by atoms with van der Waals surface area (Å²) in [6.45, 7) is 2.60. The van der Waals surface area contributed by atoms with E-state index < -0.39 is 8.07 Å². The average molecular weight is 818 g/mol. The Balaban J connectivity index is 1.03. The van der Waals surface area contributed by atoms with Crippen LogP contribution in [0.5, 0.6) is 0 Å². The van der Waals surface area contributed by atoms with E-state index in [4.69, 9.17) is 0 Å². The molecule has 9 aromatic carbocycles. The topological polar surface area (TPSA) is 9.72 Å². The average Bonchev–Trinajstić information content (AvgIpc) is 3.33. The number of para-hydroxylation sites is 6. The molecule has 4 heteroatoms. The van der Waals surface area contributed by atoms with E-state index in [9.17, 15) is 0 Å². The highest BCUT2D eigenvalue weighted by Gasteiger charge is 2.29. The first kappa shape index (κ1) is 40.0. The fourth-order valence-electron chi connectivity index (χ4n) is 8.76. The maximum atomic E-state index is 2.60. The second-order valence-corrected chi connectivity index (χ2v) is 21.0. The molecule has 0 aliphatic rings. The lowest BCUT2D eigenvalue weighted by Gasteiger charge is -2.30. The van der Waals surface area contributed by atoms with Gasteiger partial charge in [0.05, 0.1) is 8.07 Å². The summed E-state index contributed by atoms with van der Waals surface area (Å²) in [4.78, 5) is 7.02. The Morgan fingerprint density at radius 2 is 0.387 bits per heavy atom. The van der Waals surface area contributed by atoms with Gasteiger partial charge in [0.1, 0.15) is 0 Å². The van der Waals surface area contributed by atoms with Crippen LogP contribution in [0.4, 0.5) is 51.2 Å². The molecular weight excluding hydrogens is 767 g/mol. The number of rotatable bonds is 15. The van der Waals surface area contributed by atoms with Crippen LogP contribution < -0.4 is 14.7 Å². The molecule has 9 aromatic rings. The summed E-state index contributed by atoms with van der Waals surface area (Å²) >= 11 is 0. The molecule has 0 atom stereocenters. The molecule has 0 unspecified atom stereocenters. The van der Waals surface area contributed by atoms with Crippen molar-refractivity contribution in [2.45, 2.75) is 24.7 Å². The molecule has 302 valence electrons. The molecule has 9 rings (SSSR count). The van der Waals surface area contributed by atoms with Crippen molar-refractivity contribution in [2.24, 2.45) is 0 Å². The number of hydrogen-bond donors (Lipinski definition) is 0. The highest BCUT2D eigenvalue weighted by atomic mass is 28.3. The van der Waals surface area contributed by atoms with Crippen LogP contribution in [0.15, 0.2) is 255 Å². The van der Waals surface area contributed by atoms with Crippen molar-refractivity contribution in [1.82, 2.24) is 0 Å². The predicted molar refractivity (Wildman–Crippen MR) is 266 cm³/mol. The first-order valence-corrected chi connectivity index (χ1v) is 24.7. The van der Waals surface area contributed by atoms with Crippen LogP contribution >= 0.6 is 0 Å². The Kier molecular flexibility index (Phi) is 12.2.